The van der Waals surface area contributed by atoms with Crippen LogP contribution in [0.4, 0.5) is 4.79 Å². The fraction of sp³-hybridized carbons (Fsp3) is 0.444. The molecule has 0 radical (unpaired) electrons. The number of primary amides is 1. The van der Waals surface area contributed by atoms with E-state index in [1.807, 2.05) is 74.5 Å². The topological polar surface area (TPSA) is 172 Å². The summed E-state index contributed by atoms with van der Waals surface area (Å²) in [4.78, 5) is 66.7. The van der Waals surface area contributed by atoms with Gasteiger partial charge in [0.05, 0.1) is 6.04 Å². The van der Waals surface area contributed by atoms with Crippen LogP contribution < -0.4 is 16.4 Å². The maximum absolute atomic E-state index is 13.9. The van der Waals surface area contributed by atoms with E-state index in [0.717, 1.165) is 24.0 Å². The van der Waals surface area contributed by atoms with Gasteiger partial charge in [-0.3, -0.25) is 19.2 Å². The number of carbonyl (C=O) groups is 5. The first kappa shape index (κ1) is 36.5. The first-order valence-electron chi connectivity index (χ1n) is 16.1. The molecule has 4 amide bonds. The lowest BCUT2D eigenvalue weighted by atomic mass is 9.89. The number of amides is 4. The fourth-order valence-corrected chi connectivity index (χ4v) is 5.47. The second-order valence-electron chi connectivity index (χ2n) is 12.2. The SMILES string of the molecule is CC(C)C[C@H](NC(=O)OCc1ccccc1)C(=O)C[C@@H](Cc1ccccc1)C(=O)N[C@@H](/C=C(/C#N)C(N)=O)CCC(=O)N1CCCC1. The van der Waals surface area contributed by atoms with Crippen LogP contribution in [0, 0.1) is 23.2 Å². The molecule has 0 saturated carbocycles. The smallest absolute Gasteiger partial charge is 0.408 e. The molecule has 0 spiro atoms. The number of rotatable bonds is 17. The highest BCUT2D eigenvalue weighted by Crippen LogP contribution is 2.19. The van der Waals surface area contributed by atoms with Crippen LogP contribution in [0.2, 0.25) is 0 Å². The van der Waals surface area contributed by atoms with Crippen LogP contribution in [0.3, 0.4) is 0 Å². The maximum atomic E-state index is 13.9. The highest BCUT2D eigenvalue weighted by atomic mass is 16.5. The van der Waals surface area contributed by atoms with Crippen molar-refractivity contribution in [3.8, 4) is 6.07 Å². The Morgan fingerprint density at radius 3 is 2.15 bits per heavy atom. The third-order valence-corrected chi connectivity index (χ3v) is 7.95. The van der Waals surface area contributed by atoms with E-state index in [1.54, 1.807) is 11.0 Å². The fourth-order valence-electron chi connectivity index (χ4n) is 5.47. The lowest BCUT2D eigenvalue weighted by Crippen LogP contribution is -2.45. The lowest BCUT2D eigenvalue weighted by Gasteiger charge is -2.24. The summed E-state index contributed by atoms with van der Waals surface area (Å²) in [6.45, 7) is 5.24. The van der Waals surface area contributed by atoms with E-state index >= 15 is 0 Å². The van der Waals surface area contributed by atoms with E-state index in [4.69, 9.17) is 10.5 Å². The molecule has 1 aliphatic heterocycles. The molecule has 1 heterocycles. The van der Waals surface area contributed by atoms with Crippen LogP contribution in [0.15, 0.2) is 72.3 Å². The van der Waals surface area contributed by atoms with Crippen molar-refractivity contribution in [2.75, 3.05) is 13.1 Å². The quantitative estimate of drug-likeness (QED) is 0.173. The summed E-state index contributed by atoms with van der Waals surface area (Å²) >= 11 is 0. The Balaban J connectivity index is 1.78. The number of nitrogens with zero attached hydrogens (tertiary/aromatic N) is 2. The minimum atomic E-state index is -0.949. The van der Waals surface area contributed by atoms with Crippen LogP contribution in [-0.4, -0.2) is 59.7 Å². The molecule has 3 atom stereocenters. The molecule has 1 fully saturated rings. The van der Waals surface area contributed by atoms with Gasteiger partial charge in [-0.25, -0.2) is 4.79 Å². The molecule has 0 bridgehead atoms. The van der Waals surface area contributed by atoms with Crippen LogP contribution in [0.5, 0.6) is 0 Å². The predicted octanol–water partition coefficient (Wildman–Crippen LogP) is 3.97. The number of ether oxygens (including phenoxy) is 1. The monoisotopic (exact) mass is 643 g/mol. The van der Waals surface area contributed by atoms with Crippen molar-refractivity contribution >= 4 is 29.6 Å². The van der Waals surface area contributed by atoms with Gasteiger partial charge in [0.25, 0.3) is 5.91 Å². The van der Waals surface area contributed by atoms with Crippen LogP contribution in [0.25, 0.3) is 0 Å². The molecule has 47 heavy (non-hydrogen) atoms. The summed E-state index contributed by atoms with van der Waals surface area (Å²) in [7, 11) is 0. The molecule has 0 aromatic heterocycles. The number of hydrogen-bond donors (Lipinski definition) is 3. The van der Waals surface area contributed by atoms with Crippen molar-refractivity contribution in [3.05, 3.63) is 83.4 Å². The predicted molar refractivity (Wildman–Crippen MR) is 176 cm³/mol. The summed E-state index contributed by atoms with van der Waals surface area (Å²) < 4.78 is 5.36. The molecule has 1 aliphatic rings. The Hall–Kier alpha value is -4.98. The summed E-state index contributed by atoms with van der Waals surface area (Å²) in [5.74, 6) is -2.65. The summed E-state index contributed by atoms with van der Waals surface area (Å²) in [6, 6.07) is 18.4. The Bertz CT molecular complexity index is 1430. The first-order chi connectivity index (χ1) is 22.5. The van der Waals surface area contributed by atoms with Crippen molar-refractivity contribution in [2.24, 2.45) is 17.6 Å². The highest BCUT2D eigenvalue weighted by molar-refractivity contribution is 5.96. The second kappa shape index (κ2) is 18.9. The molecule has 11 nitrogen and oxygen atoms in total. The van der Waals surface area contributed by atoms with Gasteiger partial charge in [-0.1, -0.05) is 74.5 Å². The van der Waals surface area contributed by atoms with Crippen molar-refractivity contribution in [3.63, 3.8) is 0 Å². The van der Waals surface area contributed by atoms with Gasteiger partial charge in [0, 0.05) is 37.9 Å². The lowest BCUT2D eigenvalue weighted by molar-refractivity contribution is -0.131. The maximum Gasteiger partial charge on any atom is 0.408 e. The van der Waals surface area contributed by atoms with Crippen molar-refractivity contribution in [1.29, 1.82) is 5.26 Å². The third-order valence-electron chi connectivity index (χ3n) is 7.95. The molecule has 0 unspecified atom stereocenters. The summed E-state index contributed by atoms with van der Waals surface area (Å²) in [5, 5.41) is 15.0. The number of nitrogens with one attached hydrogen (secondary N) is 2. The molecule has 0 aliphatic carbocycles. The normalized spacial score (nSPS) is 14.9. The number of nitriles is 1. The van der Waals surface area contributed by atoms with Gasteiger partial charge in [-0.2, -0.15) is 5.26 Å². The number of alkyl carbamates (subject to hydrolysis) is 1. The van der Waals surface area contributed by atoms with E-state index in [1.165, 1.54) is 6.08 Å². The molecule has 250 valence electrons. The Morgan fingerprint density at radius 2 is 1.57 bits per heavy atom. The highest BCUT2D eigenvalue weighted by Gasteiger charge is 2.30. The number of ketones is 1. The second-order valence-corrected chi connectivity index (χ2v) is 12.2. The number of hydrogen-bond acceptors (Lipinski definition) is 7. The van der Waals surface area contributed by atoms with Crippen LogP contribution >= 0.6 is 0 Å². The van der Waals surface area contributed by atoms with Crippen molar-refractivity contribution in [2.45, 2.75) is 77.5 Å². The van der Waals surface area contributed by atoms with Crippen molar-refractivity contribution in [1.82, 2.24) is 15.5 Å². The molecular weight excluding hydrogens is 598 g/mol. The number of likely N-dealkylation sites (tertiary alicyclic amines) is 1. The Kier molecular flexibility index (Phi) is 14.6. The third kappa shape index (κ3) is 12.7. The van der Waals surface area contributed by atoms with Gasteiger partial charge >= 0.3 is 6.09 Å². The standard InChI is InChI=1S/C36H45N5O6/c1-25(2)19-31(40-36(46)47-24-27-13-7-4-8-14-27)32(42)22-28(20-26-11-5-3-6-12-26)35(45)39-30(21-29(23-37)34(38)44)15-16-33(43)41-17-9-10-18-41/h3-8,11-14,21,25,28,30-31H,9-10,15-20,22,24H2,1-2H3,(H2,38,44)(H,39,45)(H,40,46)/b29-21-/t28-,30-,31+/m1/s1. The zero-order valence-corrected chi connectivity index (χ0v) is 27.2. The van der Waals surface area contributed by atoms with E-state index in [-0.39, 0.29) is 55.5 Å². The van der Waals surface area contributed by atoms with E-state index in [0.29, 0.717) is 19.5 Å². The number of Topliss-reactive ketones (excluding diaryl/α,β-unsaturated/α-hetero) is 1. The van der Waals surface area contributed by atoms with E-state index in [2.05, 4.69) is 10.6 Å². The number of carbonyl (C=O) groups excluding carboxylic acids is 5. The van der Waals surface area contributed by atoms with Gasteiger partial charge in [0.2, 0.25) is 11.8 Å². The molecular formula is C36H45N5O6. The molecule has 2 aromatic rings. The van der Waals surface area contributed by atoms with E-state index < -0.39 is 35.9 Å². The first-order valence-corrected chi connectivity index (χ1v) is 16.1. The average Bonchev–Trinajstić information content (AvgIpc) is 3.60. The zero-order valence-electron chi connectivity index (χ0n) is 27.2. The van der Waals surface area contributed by atoms with Gasteiger partial charge in [-0.15, -0.1) is 0 Å². The zero-order chi connectivity index (χ0) is 34.2. The minimum Gasteiger partial charge on any atom is -0.445 e. The molecule has 1 saturated heterocycles. The number of nitrogens with two attached hydrogens (primary N) is 1. The largest absolute Gasteiger partial charge is 0.445 e. The Morgan fingerprint density at radius 1 is 0.957 bits per heavy atom. The van der Waals surface area contributed by atoms with Crippen LogP contribution in [0.1, 0.15) is 63.5 Å². The summed E-state index contributed by atoms with van der Waals surface area (Å²) in [5.41, 5.74) is 6.65. The number of benzene rings is 2. The van der Waals surface area contributed by atoms with Gasteiger partial charge < -0.3 is 26.0 Å². The Labute approximate surface area is 276 Å². The van der Waals surface area contributed by atoms with Crippen molar-refractivity contribution < 1.29 is 28.7 Å². The summed E-state index contributed by atoms with van der Waals surface area (Å²) in [6.07, 6.45) is 2.98. The molecule has 3 rings (SSSR count). The van der Waals surface area contributed by atoms with Gasteiger partial charge in [0.15, 0.2) is 5.78 Å². The molecule has 2 aromatic carbocycles. The molecule has 4 N–H and O–H groups in total. The van der Waals surface area contributed by atoms with E-state index in [9.17, 15) is 29.2 Å². The van der Waals surface area contributed by atoms with Gasteiger partial charge in [-0.05, 0) is 55.2 Å². The molecule has 11 heteroatoms. The van der Waals surface area contributed by atoms with Gasteiger partial charge in [0.1, 0.15) is 18.2 Å². The minimum absolute atomic E-state index is 0.0411. The van der Waals surface area contributed by atoms with Crippen LogP contribution in [-0.2, 0) is 36.9 Å². The average molecular weight is 644 g/mol.